The van der Waals surface area contributed by atoms with Gasteiger partial charge in [-0.25, -0.2) is 0 Å². The van der Waals surface area contributed by atoms with Gasteiger partial charge in [0.2, 0.25) is 0 Å². The van der Waals surface area contributed by atoms with Crippen molar-refractivity contribution in [2.45, 2.75) is 71.5 Å². The van der Waals surface area contributed by atoms with E-state index in [1.807, 2.05) is 27.7 Å². The summed E-state index contributed by atoms with van der Waals surface area (Å²) in [6, 6.07) is 3.59. The van der Waals surface area contributed by atoms with Crippen LogP contribution in [0.4, 0.5) is 0 Å². The molecular weight excluding hydrogens is 342 g/mol. The van der Waals surface area contributed by atoms with E-state index in [2.05, 4.69) is 4.98 Å². The fourth-order valence-electron chi connectivity index (χ4n) is 5.24. The summed E-state index contributed by atoms with van der Waals surface area (Å²) in [5.41, 5.74) is 0.277. The lowest BCUT2D eigenvalue weighted by atomic mass is 9.58. The van der Waals surface area contributed by atoms with E-state index in [0.29, 0.717) is 25.7 Å². The van der Waals surface area contributed by atoms with Crippen molar-refractivity contribution < 1.29 is 19.8 Å². The third kappa shape index (κ3) is 4.14. The number of rotatable bonds is 3. The van der Waals surface area contributed by atoms with Gasteiger partial charge in [-0.1, -0.05) is 27.7 Å². The minimum absolute atomic E-state index is 0.0228. The molecule has 0 spiro atoms. The monoisotopic (exact) mass is 373 g/mol. The number of carbonyl (C=O) groups is 2. The highest BCUT2D eigenvalue weighted by atomic mass is 16.3. The van der Waals surface area contributed by atoms with Gasteiger partial charge in [-0.3, -0.25) is 14.6 Å². The minimum atomic E-state index is -0.825. The first-order valence-electron chi connectivity index (χ1n) is 9.82. The molecule has 5 nitrogen and oxygen atoms in total. The van der Waals surface area contributed by atoms with Crippen LogP contribution in [0.5, 0.6) is 0 Å². The van der Waals surface area contributed by atoms with Crippen LogP contribution in [0.25, 0.3) is 0 Å². The summed E-state index contributed by atoms with van der Waals surface area (Å²) >= 11 is 0. The highest BCUT2D eigenvalue weighted by Crippen LogP contribution is 2.49. The number of Topliss-reactive ketones (excluding diaryl/α,β-unsaturated/α-hetero) is 2. The number of nitrogens with zero attached hydrogens (tertiary/aromatic N) is 1. The number of ketones is 2. The fourth-order valence-corrected chi connectivity index (χ4v) is 5.24. The molecule has 2 N–H and O–H groups in total. The van der Waals surface area contributed by atoms with Gasteiger partial charge < -0.3 is 10.2 Å². The predicted octanol–water partition coefficient (Wildman–Crippen LogP) is 2.90. The summed E-state index contributed by atoms with van der Waals surface area (Å²) in [5, 5.41) is 21.8. The van der Waals surface area contributed by atoms with Gasteiger partial charge in [0.05, 0.1) is 24.0 Å². The molecule has 2 aliphatic carbocycles. The van der Waals surface area contributed by atoms with Crippen LogP contribution in [0, 0.1) is 22.7 Å². The highest BCUT2D eigenvalue weighted by molar-refractivity contribution is 5.88. The van der Waals surface area contributed by atoms with Crippen molar-refractivity contribution in [1.29, 1.82) is 0 Å². The molecule has 27 heavy (non-hydrogen) atoms. The van der Waals surface area contributed by atoms with E-state index in [4.69, 9.17) is 0 Å². The highest BCUT2D eigenvalue weighted by Gasteiger charge is 2.51. The fraction of sp³-hybridized carbons (Fsp3) is 0.682. The van der Waals surface area contributed by atoms with Crippen LogP contribution in [0.1, 0.15) is 64.9 Å². The molecule has 0 radical (unpaired) electrons. The first kappa shape index (κ1) is 20.2. The second kappa shape index (κ2) is 7.10. The van der Waals surface area contributed by atoms with Crippen molar-refractivity contribution in [3.05, 3.63) is 30.1 Å². The van der Waals surface area contributed by atoms with Crippen molar-refractivity contribution in [1.82, 2.24) is 4.98 Å². The molecular formula is C22H31NO4. The topological polar surface area (TPSA) is 87.5 Å². The largest absolute Gasteiger partial charge is 0.392 e. The summed E-state index contributed by atoms with van der Waals surface area (Å²) < 4.78 is 0. The molecule has 0 bridgehead atoms. The average Bonchev–Trinajstić information content (AvgIpc) is 2.50. The molecule has 2 aliphatic rings. The van der Waals surface area contributed by atoms with Gasteiger partial charge in [-0.05, 0) is 41.4 Å². The molecule has 0 aromatic carbocycles. The summed E-state index contributed by atoms with van der Waals surface area (Å²) in [6.07, 6.45) is 3.38. The number of carbonyl (C=O) groups excluding carboxylic acids is 2. The van der Waals surface area contributed by atoms with Crippen LogP contribution in [0.3, 0.4) is 0 Å². The Morgan fingerprint density at radius 1 is 0.889 bits per heavy atom. The number of aliphatic hydroxyl groups excluding tert-OH is 2. The molecule has 0 amide bonds. The summed E-state index contributed by atoms with van der Waals surface area (Å²) in [5.74, 6) is -1.92. The Bertz CT molecular complexity index is 670. The molecule has 3 rings (SSSR count). The maximum absolute atomic E-state index is 13.0. The number of pyridine rings is 1. The van der Waals surface area contributed by atoms with Crippen molar-refractivity contribution >= 4 is 11.6 Å². The Balaban J connectivity index is 2.03. The molecule has 5 heteroatoms. The van der Waals surface area contributed by atoms with Crippen LogP contribution < -0.4 is 0 Å². The number of hydrogen-bond donors (Lipinski definition) is 2. The SMILES string of the molecule is CC1(C)CC(=O)[C@H](C(c2ccncc2)[C@@H]2C(=O)CC(C)(C)C[C@@H]2O)[C@@H](O)C1. The zero-order chi connectivity index (χ0) is 20.0. The molecule has 0 aliphatic heterocycles. The van der Waals surface area contributed by atoms with Crippen LogP contribution >= 0.6 is 0 Å². The Kier molecular flexibility index (Phi) is 5.30. The van der Waals surface area contributed by atoms with Crippen molar-refractivity contribution in [2.24, 2.45) is 22.7 Å². The standard InChI is InChI=1S/C22H31NO4/c1-21(2)9-14(24)19(15(25)10-21)18(13-5-7-23-8-6-13)20-16(26)11-22(3,4)12-17(20)27/h5-8,14,16,18-20,24,26H,9-12H2,1-4H3/t14-,16-,18?,19-,20+/m0/s1. The Morgan fingerprint density at radius 3 is 1.67 bits per heavy atom. The average molecular weight is 373 g/mol. The lowest BCUT2D eigenvalue weighted by Gasteiger charge is -2.46. The Labute approximate surface area is 161 Å². The lowest BCUT2D eigenvalue weighted by molar-refractivity contribution is -0.144. The quantitative estimate of drug-likeness (QED) is 0.851. The summed E-state index contributed by atoms with van der Waals surface area (Å²) in [4.78, 5) is 30.1. The normalized spacial score (nSPS) is 34.3. The molecule has 1 heterocycles. The molecule has 2 saturated carbocycles. The van der Waals surface area contributed by atoms with Gasteiger partial charge >= 0.3 is 0 Å². The van der Waals surface area contributed by atoms with Crippen LogP contribution in [0.2, 0.25) is 0 Å². The number of hydrogen-bond acceptors (Lipinski definition) is 5. The first-order valence-corrected chi connectivity index (χ1v) is 9.82. The first-order chi connectivity index (χ1) is 12.5. The zero-order valence-electron chi connectivity index (χ0n) is 16.7. The molecule has 1 aromatic heterocycles. The zero-order valence-corrected chi connectivity index (χ0v) is 16.7. The number of aliphatic hydroxyl groups is 2. The second-order valence-electron chi connectivity index (χ2n) is 10.0. The van der Waals surface area contributed by atoms with Gasteiger partial charge in [-0.15, -0.1) is 0 Å². The third-order valence-corrected chi connectivity index (χ3v) is 6.27. The van der Waals surface area contributed by atoms with Crippen LogP contribution in [-0.2, 0) is 9.59 Å². The van der Waals surface area contributed by atoms with E-state index in [-0.39, 0.29) is 22.4 Å². The van der Waals surface area contributed by atoms with Crippen molar-refractivity contribution in [3.8, 4) is 0 Å². The van der Waals surface area contributed by atoms with Gasteiger partial charge in [-0.2, -0.15) is 0 Å². The van der Waals surface area contributed by atoms with E-state index < -0.39 is 30.0 Å². The van der Waals surface area contributed by atoms with Gasteiger partial charge in [0.1, 0.15) is 11.6 Å². The molecule has 0 saturated heterocycles. The molecule has 148 valence electrons. The van der Waals surface area contributed by atoms with E-state index in [9.17, 15) is 19.8 Å². The van der Waals surface area contributed by atoms with E-state index in [0.717, 1.165) is 5.56 Å². The van der Waals surface area contributed by atoms with E-state index in [1.54, 1.807) is 24.5 Å². The maximum Gasteiger partial charge on any atom is 0.139 e. The van der Waals surface area contributed by atoms with Crippen molar-refractivity contribution in [3.63, 3.8) is 0 Å². The smallest absolute Gasteiger partial charge is 0.139 e. The number of aromatic nitrogens is 1. The molecule has 5 atom stereocenters. The summed E-state index contributed by atoms with van der Waals surface area (Å²) in [7, 11) is 0. The Hall–Kier alpha value is -1.59. The Morgan fingerprint density at radius 2 is 1.30 bits per heavy atom. The van der Waals surface area contributed by atoms with E-state index in [1.165, 1.54) is 0 Å². The van der Waals surface area contributed by atoms with Crippen LogP contribution in [-0.4, -0.2) is 39.0 Å². The van der Waals surface area contributed by atoms with Gasteiger partial charge in [0.15, 0.2) is 0 Å². The molecule has 1 unspecified atom stereocenters. The second-order valence-corrected chi connectivity index (χ2v) is 10.0. The molecule has 2 fully saturated rings. The van der Waals surface area contributed by atoms with Crippen molar-refractivity contribution in [2.75, 3.05) is 0 Å². The van der Waals surface area contributed by atoms with Gasteiger partial charge in [0.25, 0.3) is 0 Å². The van der Waals surface area contributed by atoms with Crippen LogP contribution in [0.15, 0.2) is 24.5 Å². The maximum atomic E-state index is 13.0. The molecule has 1 aromatic rings. The van der Waals surface area contributed by atoms with Gasteiger partial charge in [0, 0.05) is 31.2 Å². The third-order valence-electron chi connectivity index (χ3n) is 6.27. The lowest BCUT2D eigenvalue weighted by Crippen LogP contribution is -2.51. The summed E-state index contributed by atoms with van der Waals surface area (Å²) in [6.45, 7) is 7.92. The van der Waals surface area contributed by atoms with E-state index >= 15 is 0 Å². The predicted molar refractivity (Wildman–Crippen MR) is 102 cm³/mol. The minimum Gasteiger partial charge on any atom is -0.392 e.